The van der Waals surface area contributed by atoms with Crippen LogP contribution in [0.5, 0.6) is 0 Å². The molecule has 20 heavy (non-hydrogen) atoms. The van der Waals surface area contributed by atoms with Gasteiger partial charge < -0.3 is 15.2 Å². The summed E-state index contributed by atoms with van der Waals surface area (Å²) in [5.74, 6) is 0. The number of hydrogen-bond donors (Lipinski definition) is 1. The summed E-state index contributed by atoms with van der Waals surface area (Å²) in [4.78, 5) is 2.39. The highest BCUT2D eigenvalue weighted by Gasteiger charge is 2.10. The summed E-state index contributed by atoms with van der Waals surface area (Å²) in [5.41, 5.74) is 7.89. The van der Waals surface area contributed by atoms with Gasteiger partial charge in [0.2, 0.25) is 0 Å². The Hall–Kier alpha value is -1.10. The molecule has 4 heteroatoms. The van der Waals surface area contributed by atoms with E-state index < -0.39 is 0 Å². The quantitative estimate of drug-likeness (QED) is 0.528. The van der Waals surface area contributed by atoms with E-state index in [4.69, 9.17) is 15.2 Å². The lowest BCUT2D eigenvalue weighted by Crippen LogP contribution is -2.33. The number of methoxy groups -OCH3 is 1. The lowest BCUT2D eigenvalue weighted by Gasteiger charge is -2.26. The molecule has 4 nitrogen and oxygen atoms in total. The number of benzene rings is 1. The molecule has 0 radical (unpaired) electrons. The number of nitrogens with two attached hydrogens (primary N) is 1. The molecule has 1 aromatic rings. The van der Waals surface area contributed by atoms with Crippen molar-refractivity contribution in [1.82, 2.24) is 4.90 Å². The maximum Gasteiger partial charge on any atom is 0.0593 e. The summed E-state index contributed by atoms with van der Waals surface area (Å²) in [7, 11) is 1.71. The van der Waals surface area contributed by atoms with Crippen molar-refractivity contribution < 1.29 is 9.47 Å². The molecule has 0 saturated heterocycles. The maximum absolute atomic E-state index is 5.82. The highest BCUT2D eigenvalue weighted by Crippen LogP contribution is 2.11. The second-order valence-corrected chi connectivity index (χ2v) is 5.27. The van der Waals surface area contributed by atoms with Gasteiger partial charge in [-0.3, -0.25) is 4.90 Å². The Balaban J connectivity index is 2.33. The first-order chi connectivity index (χ1) is 9.63. The molecule has 0 saturated carbocycles. The second kappa shape index (κ2) is 9.75. The van der Waals surface area contributed by atoms with Crippen LogP contribution < -0.4 is 5.73 Å². The fourth-order valence-electron chi connectivity index (χ4n) is 2.04. The molecule has 0 spiro atoms. The lowest BCUT2D eigenvalue weighted by atomic mass is 10.1. The molecule has 1 rings (SSSR count). The molecule has 0 bridgehead atoms. The topological polar surface area (TPSA) is 47.7 Å². The van der Waals surface area contributed by atoms with Crippen LogP contribution in [0.25, 0.3) is 0 Å². The SMILES string of the molecule is COCCCOCCN(Cc1cccc(N)c1)C(C)C. The highest BCUT2D eigenvalue weighted by atomic mass is 16.5. The molecule has 0 aliphatic carbocycles. The third-order valence-corrected chi connectivity index (χ3v) is 3.23. The van der Waals surface area contributed by atoms with Crippen LogP contribution in [0.2, 0.25) is 0 Å². The smallest absolute Gasteiger partial charge is 0.0593 e. The van der Waals surface area contributed by atoms with Crippen LogP contribution in [0.3, 0.4) is 0 Å². The van der Waals surface area contributed by atoms with Gasteiger partial charge in [-0.1, -0.05) is 12.1 Å². The van der Waals surface area contributed by atoms with Crippen molar-refractivity contribution in [3.05, 3.63) is 29.8 Å². The molecule has 0 heterocycles. The third-order valence-electron chi connectivity index (χ3n) is 3.23. The second-order valence-electron chi connectivity index (χ2n) is 5.27. The van der Waals surface area contributed by atoms with Crippen LogP contribution in [0.4, 0.5) is 5.69 Å². The van der Waals surface area contributed by atoms with E-state index in [9.17, 15) is 0 Å². The molecule has 0 aromatic heterocycles. The first-order valence-corrected chi connectivity index (χ1v) is 7.28. The van der Waals surface area contributed by atoms with Gasteiger partial charge in [0.1, 0.15) is 0 Å². The number of ether oxygens (including phenoxy) is 2. The fraction of sp³-hybridized carbons (Fsp3) is 0.625. The fourth-order valence-corrected chi connectivity index (χ4v) is 2.04. The van der Waals surface area contributed by atoms with Crippen LogP contribution in [0.1, 0.15) is 25.8 Å². The van der Waals surface area contributed by atoms with Crippen molar-refractivity contribution in [3.8, 4) is 0 Å². The van der Waals surface area contributed by atoms with Crippen LogP contribution in [0.15, 0.2) is 24.3 Å². The van der Waals surface area contributed by atoms with Gasteiger partial charge >= 0.3 is 0 Å². The van der Waals surface area contributed by atoms with Gasteiger partial charge in [0, 0.05) is 45.1 Å². The van der Waals surface area contributed by atoms with Crippen LogP contribution in [-0.2, 0) is 16.0 Å². The van der Waals surface area contributed by atoms with Gasteiger partial charge in [0.05, 0.1) is 6.61 Å². The molecule has 2 N–H and O–H groups in total. The normalized spacial score (nSPS) is 11.4. The first kappa shape index (κ1) is 17.0. The van der Waals surface area contributed by atoms with E-state index in [1.807, 2.05) is 18.2 Å². The van der Waals surface area contributed by atoms with E-state index in [0.717, 1.165) is 45.0 Å². The number of nitrogens with zero attached hydrogens (tertiary/aromatic N) is 1. The molecular formula is C16H28N2O2. The molecular weight excluding hydrogens is 252 g/mol. The highest BCUT2D eigenvalue weighted by molar-refractivity contribution is 5.40. The van der Waals surface area contributed by atoms with Crippen molar-refractivity contribution >= 4 is 5.69 Å². The van der Waals surface area contributed by atoms with Gasteiger partial charge in [-0.15, -0.1) is 0 Å². The molecule has 0 aliphatic heterocycles. The van der Waals surface area contributed by atoms with E-state index in [1.54, 1.807) is 7.11 Å². The van der Waals surface area contributed by atoms with Crippen LogP contribution in [-0.4, -0.2) is 44.4 Å². The standard InChI is InChI=1S/C16H28N2O2/c1-14(2)18(8-11-20-10-5-9-19-3)13-15-6-4-7-16(17)12-15/h4,6-7,12,14H,5,8-11,13,17H2,1-3H3. The average molecular weight is 280 g/mol. The Morgan fingerprint density at radius 2 is 2.00 bits per heavy atom. The van der Waals surface area contributed by atoms with Gasteiger partial charge in [-0.2, -0.15) is 0 Å². The number of hydrogen-bond acceptors (Lipinski definition) is 4. The summed E-state index contributed by atoms with van der Waals surface area (Å²) < 4.78 is 10.6. The zero-order valence-corrected chi connectivity index (χ0v) is 13.0. The molecule has 1 aromatic carbocycles. The Morgan fingerprint density at radius 1 is 1.20 bits per heavy atom. The Kier molecular flexibility index (Phi) is 8.26. The minimum Gasteiger partial charge on any atom is -0.399 e. The van der Waals surface area contributed by atoms with E-state index >= 15 is 0 Å². The third kappa shape index (κ3) is 6.89. The molecule has 0 fully saturated rings. The van der Waals surface area contributed by atoms with E-state index in [1.165, 1.54) is 5.56 Å². The summed E-state index contributed by atoms with van der Waals surface area (Å²) in [6, 6.07) is 8.56. The van der Waals surface area contributed by atoms with Gasteiger partial charge in [-0.25, -0.2) is 0 Å². The van der Waals surface area contributed by atoms with E-state index in [2.05, 4.69) is 24.8 Å². The largest absolute Gasteiger partial charge is 0.399 e. The van der Waals surface area contributed by atoms with Crippen LogP contribution in [0, 0.1) is 0 Å². The van der Waals surface area contributed by atoms with Crippen molar-refractivity contribution in [2.45, 2.75) is 32.9 Å². The summed E-state index contributed by atoms with van der Waals surface area (Å²) in [6.07, 6.45) is 0.952. The van der Waals surface area contributed by atoms with Gasteiger partial charge in [0.15, 0.2) is 0 Å². The molecule has 0 aliphatic rings. The minimum absolute atomic E-state index is 0.485. The predicted molar refractivity (Wildman–Crippen MR) is 83.7 cm³/mol. The van der Waals surface area contributed by atoms with E-state index in [-0.39, 0.29) is 0 Å². The van der Waals surface area contributed by atoms with Gasteiger partial charge in [0.25, 0.3) is 0 Å². The molecule has 0 amide bonds. The Morgan fingerprint density at radius 3 is 2.65 bits per heavy atom. The monoisotopic (exact) mass is 280 g/mol. The first-order valence-electron chi connectivity index (χ1n) is 7.28. The van der Waals surface area contributed by atoms with Crippen molar-refractivity contribution in [1.29, 1.82) is 0 Å². The number of anilines is 1. The summed E-state index contributed by atoms with van der Waals surface area (Å²) >= 11 is 0. The molecule has 0 unspecified atom stereocenters. The van der Waals surface area contributed by atoms with Crippen molar-refractivity contribution in [2.24, 2.45) is 0 Å². The van der Waals surface area contributed by atoms with Crippen LogP contribution >= 0.6 is 0 Å². The number of rotatable bonds is 10. The number of nitrogen functional groups attached to an aromatic ring is 1. The average Bonchev–Trinajstić information content (AvgIpc) is 2.41. The minimum atomic E-state index is 0.485. The lowest BCUT2D eigenvalue weighted by molar-refractivity contribution is 0.0739. The predicted octanol–water partition coefficient (Wildman–Crippen LogP) is 2.53. The van der Waals surface area contributed by atoms with Crippen molar-refractivity contribution in [3.63, 3.8) is 0 Å². The Bertz CT molecular complexity index is 369. The Labute approximate surface area is 122 Å². The molecule has 0 atom stereocenters. The van der Waals surface area contributed by atoms with Gasteiger partial charge in [-0.05, 0) is 38.0 Å². The summed E-state index contributed by atoms with van der Waals surface area (Å²) in [5, 5.41) is 0. The molecule has 114 valence electrons. The zero-order valence-electron chi connectivity index (χ0n) is 13.0. The summed E-state index contributed by atoms with van der Waals surface area (Å²) in [6.45, 7) is 8.53. The maximum atomic E-state index is 5.82. The van der Waals surface area contributed by atoms with Crippen molar-refractivity contribution in [2.75, 3.05) is 39.2 Å². The van der Waals surface area contributed by atoms with E-state index in [0.29, 0.717) is 6.04 Å². The zero-order chi connectivity index (χ0) is 14.8.